The molecule has 2 amide bonds. The van der Waals surface area contributed by atoms with Crippen LogP contribution in [0.1, 0.15) is 53.3 Å². The number of nitrogens with zero attached hydrogens (tertiary/aromatic N) is 1. The van der Waals surface area contributed by atoms with Crippen molar-refractivity contribution in [3.05, 3.63) is 59.7 Å². The number of anilines is 1. The Kier molecular flexibility index (Phi) is 7.79. The predicted molar refractivity (Wildman–Crippen MR) is 122 cm³/mol. The summed E-state index contributed by atoms with van der Waals surface area (Å²) >= 11 is 5.25. The normalized spacial score (nSPS) is 13.4. The highest BCUT2D eigenvalue weighted by Gasteiger charge is 2.18. The molecule has 6 nitrogen and oxygen atoms in total. The first-order valence-electron chi connectivity index (χ1n) is 10.3. The molecule has 2 N–H and O–H groups in total. The second-order valence-electron chi connectivity index (χ2n) is 7.21. The summed E-state index contributed by atoms with van der Waals surface area (Å²) in [4.78, 5) is 26.9. The van der Waals surface area contributed by atoms with Crippen molar-refractivity contribution in [1.29, 1.82) is 0 Å². The van der Waals surface area contributed by atoms with Crippen molar-refractivity contribution in [3.8, 4) is 5.75 Å². The van der Waals surface area contributed by atoms with Crippen LogP contribution >= 0.6 is 12.2 Å². The Morgan fingerprint density at radius 1 is 1.03 bits per heavy atom. The number of piperidine rings is 1. The Hall–Kier alpha value is -2.93. The van der Waals surface area contributed by atoms with Crippen LogP contribution in [0.5, 0.6) is 5.75 Å². The van der Waals surface area contributed by atoms with Gasteiger partial charge in [0.15, 0.2) is 5.11 Å². The molecule has 7 heteroatoms. The SMILES string of the molecule is CCCOc1cccc(C(=O)NC(=S)Nc2ccc(C(=O)N3CCCCC3)cc2)c1. The van der Waals surface area contributed by atoms with Crippen LogP contribution in [0, 0.1) is 0 Å². The Morgan fingerprint density at radius 2 is 1.77 bits per heavy atom. The third-order valence-corrected chi connectivity index (χ3v) is 5.03. The number of ether oxygens (including phenoxy) is 1. The summed E-state index contributed by atoms with van der Waals surface area (Å²) in [7, 11) is 0. The van der Waals surface area contributed by atoms with Crippen LogP contribution < -0.4 is 15.4 Å². The number of carbonyl (C=O) groups is 2. The van der Waals surface area contributed by atoms with Gasteiger partial charge in [0.05, 0.1) is 6.61 Å². The van der Waals surface area contributed by atoms with E-state index in [0.29, 0.717) is 29.2 Å². The van der Waals surface area contributed by atoms with Gasteiger partial charge in [-0.25, -0.2) is 0 Å². The lowest BCUT2D eigenvalue weighted by atomic mass is 10.1. The molecule has 30 heavy (non-hydrogen) atoms. The molecule has 1 aliphatic rings. The third-order valence-electron chi connectivity index (χ3n) is 4.83. The van der Waals surface area contributed by atoms with Crippen molar-refractivity contribution in [2.45, 2.75) is 32.6 Å². The molecular formula is C23H27N3O3S. The van der Waals surface area contributed by atoms with Crippen LogP contribution in [0.15, 0.2) is 48.5 Å². The van der Waals surface area contributed by atoms with Crippen LogP contribution in [0.3, 0.4) is 0 Å². The zero-order valence-corrected chi connectivity index (χ0v) is 18.0. The highest BCUT2D eigenvalue weighted by Crippen LogP contribution is 2.16. The summed E-state index contributed by atoms with van der Waals surface area (Å²) in [5, 5.41) is 5.84. The molecule has 1 aliphatic heterocycles. The molecule has 0 saturated carbocycles. The lowest BCUT2D eigenvalue weighted by Crippen LogP contribution is -2.35. The van der Waals surface area contributed by atoms with Gasteiger partial charge in [-0.2, -0.15) is 0 Å². The number of hydrogen-bond donors (Lipinski definition) is 2. The first kappa shape index (κ1) is 21.8. The molecule has 0 atom stereocenters. The van der Waals surface area contributed by atoms with Crippen molar-refractivity contribution in [2.24, 2.45) is 0 Å². The molecule has 1 fully saturated rings. The van der Waals surface area contributed by atoms with Gasteiger partial charge in [-0.15, -0.1) is 0 Å². The summed E-state index contributed by atoms with van der Waals surface area (Å²) in [6, 6.07) is 14.1. The van der Waals surface area contributed by atoms with Crippen molar-refractivity contribution >= 4 is 34.8 Å². The van der Waals surface area contributed by atoms with Gasteiger partial charge in [0.2, 0.25) is 0 Å². The predicted octanol–water partition coefficient (Wildman–Crippen LogP) is 4.23. The summed E-state index contributed by atoms with van der Waals surface area (Å²) in [5.41, 5.74) is 1.83. The maximum atomic E-state index is 12.5. The van der Waals surface area contributed by atoms with Gasteiger partial charge in [0.25, 0.3) is 11.8 Å². The minimum Gasteiger partial charge on any atom is -0.494 e. The average Bonchev–Trinajstić information content (AvgIpc) is 2.78. The Balaban J connectivity index is 1.54. The van der Waals surface area contributed by atoms with E-state index in [1.54, 1.807) is 42.5 Å². The van der Waals surface area contributed by atoms with Gasteiger partial charge < -0.3 is 15.0 Å². The minimum atomic E-state index is -0.314. The maximum Gasteiger partial charge on any atom is 0.257 e. The molecule has 1 saturated heterocycles. The molecule has 0 aromatic heterocycles. The average molecular weight is 426 g/mol. The van der Waals surface area contributed by atoms with E-state index < -0.39 is 0 Å². The number of nitrogens with one attached hydrogen (secondary N) is 2. The smallest absolute Gasteiger partial charge is 0.257 e. The molecule has 158 valence electrons. The van der Waals surface area contributed by atoms with Gasteiger partial charge in [-0.05, 0) is 80.4 Å². The summed E-state index contributed by atoms with van der Waals surface area (Å²) in [5.74, 6) is 0.394. The van der Waals surface area contributed by atoms with Crippen molar-refractivity contribution in [2.75, 3.05) is 25.0 Å². The molecule has 0 aliphatic carbocycles. The number of rotatable bonds is 6. The van der Waals surface area contributed by atoms with Crippen LogP contribution in [0.2, 0.25) is 0 Å². The molecule has 1 heterocycles. The second kappa shape index (κ2) is 10.7. The van der Waals surface area contributed by atoms with Crippen molar-refractivity contribution in [1.82, 2.24) is 10.2 Å². The number of hydrogen-bond acceptors (Lipinski definition) is 4. The number of carbonyl (C=O) groups excluding carboxylic acids is 2. The van der Waals surface area contributed by atoms with E-state index in [-0.39, 0.29) is 16.9 Å². The monoisotopic (exact) mass is 425 g/mol. The maximum absolute atomic E-state index is 12.5. The van der Waals surface area contributed by atoms with Crippen molar-refractivity contribution < 1.29 is 14.3 Å². The highest BCUT2D eigenvalue weighted by molar-refractivity contribution is 7.80. The standard InChI is InChI=1S/C23H27N3O3S/c1-2-15-29-20-8-6-7-18(16-20)21(27)25-23(30)24-19-11-9-17(10-12-19)22(28)26-13-4-3-5-14-26/h6-12,16H,2-5,13-15H2,1H3,(H2,24,25,27,30). The minimum absolute atomic E-state index is 0.0577. The van der Waals surface area contributed by atoms with Crippen LogP contribution in [-0.2, 0) is 0 Å². The molecule has 0 bridgehead atoms. The first-order valence-corrected chi connectivity index (χ1v) is 10.7. The Morgan fingerprint density at radius 3 is 2.47 bits per heavy atom. The molecule has 2 aromatic carbocycles. The first-order chi connectivity index (χ1) is 14.6. The topological polar surface area (TPSA) is 70.7 Å². The molecule has 0 spiro atoms. The van der Waals surface area contributed by atoms with E-state index in [9.17, 15) is 9.59 Å². The van der Waals surface area contributed by atoms with Gasteiger partial charge in [0, 0.05) is 29.9 Å². The van der Waals surface area contributed by atoms with E-state index in [1.807, 2.05) is 17.9 Å². The Labute approximate surface area is 182 Å². The molecule has 3 rings (SSSR count). The zero-order valence-electron chi connectivity index (χ0n) is 17.1. The fraction of sp³-hybridized carbons (Fsp3) is 0.348. The van der Waals surface area contributed by atoms with Crippen LogP contribution in [-0.4, -0.2) is 41.5 Å². The fourth-order valence-corrected chi connectivity index (χ4v) is 3.47. The van der Waals surface area contributed by atoms with Crippen LogP contribution in [0.25, 0.3) is 0 Å². The lowest BCUT2D eigenvalue weighted by molar-refractivity contribution is 0.0724. The number of amides is 2. The number of thiocarbonyl (C=S) groups is 1. The van der Waals surface area contributed by atoms with E-state index in [4.69, 9.17) is 17.0 Å². The lowest BCUT2D eigenvalue weighted by Gasteiger charge is -2.26. The summed E-state index contributed by atoms with van der Waals surface area (Å²) in [6.45, 7) is 4.26. The van der Waals surface area contributed by atoms with E-state index >= 15 is 0 Å². The fourth-order valence-electron chi connectivity index (χ4n) is 3.26. The van der Waals surface area contributed by atoms with E-state index in [0.717, 1.165) is 32.4 Å². The molecule has 2 aromatic rings. The van der Waals surface area contributed by atoms with Crippen molar-refractivity contribution in [3.63, 3.8) is 0 Å². The summed E-state index contributed by atoms with van der Waals surface area (Å²) in [6.07, 6.45) is 4.21. The van der Waals surface area contributed by atoms with Gasteiger partial charge in [-0.1, -0.05) is 13.0 Å². The quantitative estimate of drug-likeness (QED) is 0.678. The molecule has 0 unspecified atom stereocenters. The van der Waals surface area contributed by atoms with E-state index in [1.165, 1.54) is 6.42 Å². The zero-order chi connectivity index (χ0) is 21.3. The highest BCUT2D eigenvalue weighted by atomic mass is 32.1. The molecule has 0 radical (unpaired) electrons. The summed E-state index contributed by atoms with van der Waals surface area (Å²) < 4.78 is 5.56. The number of likely N-dealkylation sites (tertiary alicyclic amines) is 1. The number of benzene rings is 2. The largest absolute Gasteiger partial charge is 0.494 e. The van der Waals surface area contributed by atoms with Crippen LogP contribution in [0.4, 0.5) is 5.69 Å². The van der Waals surface area contributed by atoms with Gasteiger partial charge in [0.1, 0.15) is 5.75 Å². The van der Waals surface area contributed by atoms with Gasteiger partial charge >= 0.3 is 0 Å². The Bertz CT molecular complexity index is 893. The second-order valence-corrected chi connectivity index (χ2v) is 7.62. The van der Waals surface area contributed by atoms with Gasteiger partial charge in [-0.3, -0.25) is 14.9 Å². The molecular weight excluding hydrogens is 398 g/mol. The third kappa shape index (κ3) is 6.03. The van der Waals surface area contributed by atoms with E-state index in [2.05, 4.69) is 10.6 Å².